The number of benzene rings is 2. The molecule has 0 unspecified atom stereocenters. The van der Waals surface area contributed by atoms with E-state index < -0.39 is 0 Å². The lowest BCUT2D eigenvalue weighted by atomic mass is 10.2. The lowest BCUT2D eigenvalue weighted by Gasteiger charge is -2.10. The molecule has 0 amide bonds. The summed E-state index contributed by atoms with van der Waals surface area (Å²) >= 11 is 0. The Hall–Kier alpha value is -2.00. The highest BCUT2D eigenvalue weighted by atomic mass is 16.5. The maximum atomic E-state index is 5.66. The third kappa shape index (κ3) is 4.94. The summed E-state index contributed by atoms with van der Waals surface area (Å²) in [5, 5.41) is 0. The first-order valence-electron chi connectivity index (χ1n) is 6.99. The molecule has 0 radical (unpaired) electrons. The zero-order valence-electron chi connectivity index (χ0n) is 12.1. The average molecular weight is 270 g/mol. The first kappa shape index (κ1) is 14.4. The van der Waals surface area contributed by atoms with Crippen molar-refractivity contribution in [1.29, 1.82) is 0 Å². The first-order valence-corrected chi connectivity index (χ1v) is 6.99. The van der Waals surface area contributed by atoms with Gasteiger partial charge in [0.25, 0.3) is 0 Å². The minimum absolute atomic E-state index is 0.548. The quantitative estimate of drug-likeness (QED) is 0.750. The summed E-state index contributed by atoms with van der Waals surface area (Å²) in [6.45, 7) is 5.81. The third-order valence-electron chi connectivity index (χ3n) is 2.81. The Kier molecular flexibility index (Phi) is 5.44. The van der Waals surface area contributed by atoms with Crippen LogP contribution in [0.25, 0.3) is 0 Å². The Bertz CT molecular complexity index is 494. The van der Waals surface area contributed by atoms with Crippen LogP contribution in [0.2, 0.25) is 0 Å². The van der Waals surface area contributed by atoms with Gasteiger partial charge in [0.05, 0.1) is 6.61 Å². The molecule has 0 bridgehead atoms. The Morgan fingerprint density at radius 1 is 0.950 bits per heavy atom. The van der Waals surface area contributed by atoms with Crippen LogP contribution < -0.4 is 15.6 Å². The van der Waals surface area contributed by atoms with Crippen molar-refractivity contribution in [2.75, 3.05) is 12.0 Å². The molecule has 3 nitrogen and oxygen atoms in total. The molecular weight excluding hydrogens is 248 g/mol. The molecule has 2 aromatic carbocycles. The van der Waals surface area contributed by atoms with E-state index in [0.29, 0.717) is 5.92 Å². The summed E-state index contributed by atoms with van der Waals surface area (Å²) in [7, 11) is 0. The van der Waals surface area contributed by atoms with Crippen LogP contribution in [-0.4, -0.2) is 6.61 Å². The molecule has 0 atom stereocenters. The van der Waals surface area contributed by atoms with Gasteiger partial charge >= 0.3 is 0 Å². The van der Waals surface area contributed by atoms with Crippen LogP contribution in [0.3, 0.4) is 0 Å². The second-order valence-electron chi connectivity index (χ2n) is 5.19. The molecule has 0 aliphatic heterocycles. The topological polar surface area (TPSA) is 33.3 Å². The number of para-hydroxylation sites is 1. The number of anilines is 1. The number of rotatable bonds is 7. The summed E-state index contributed by atoms with van der Waals surface area (Å²) in [6, 6.07) is 18.2. The fourth-order valence-corrected chi connectivity index (χ4v) is 1.74. The maximum absolute atomic E-state index is 5.66. The van der Waals surface area contributed by atoms with Crippen molar-refractivity contribution in [2.24, 2.45) is 5.92 Å². The molecule has 0 spiro atoms. The molecule has 0 heterocycles. The zero-order valence-corrected chi connectivity index (χ0v) is 12.1. The van der Waals surface area contributed by atoms with Crippen LogP contribution in [-0.2, 0) is 6.54 Å². The van der Waals surface area contributed by atoms with Crippen LogP contribution in [0, 0.1) is 5.92 Å². The SMILES string of the molecule is CC(C)COc1ccc(CNNc2ccccc2)cc1. The van der Waals surface area contributed by atoms with Gasteiger partial charge in [-0.05, 0) is 35.7 Å². The largest absolute Gasteiger partial charge is 0.493 e. The van der Waals surface area contributed by atoms with Crippen LogP contribution >= 0.6 is 0 Å². The maximum Gasteiger partial charge on any atom is 0.119 e. The third-order valence-corrected chi connectivity index (χ3v) is 2.81. The van der Waals surface area contributed by atoms with Gasteiger partial charge in [0.2, 0.25) is 0 Å². The molecular formula is C17H22N2O. The zero-order chi connectivity index (χ0) is 14.2. The van der Waals surface area contributed by atoms with Gasteiger partial charge in [-0.25, -0.2) is 5.43 Å². The molecule has 2 N–H and O–H groups in total. The van der Waals surface area contributed by atoms with Gasteiger partial charge in [0.1, 0.15) is 5.75 Å². The Morgan fingerprint density at radius 2 is 1.65 bits per heavy atom. The number of hydrazine groups is 1. The molecule has 2 aromatic rings. The van der Waals surface area contributed by atoms with E-state index in [1.807, 2.05) is 42.5 Å². The molecule has 0 saturated heterocycles. The fourth-order valence-electron chi connectivity index (χ4n) is 1.74. The van der Waals surface area contributed by atoms with E-state index in [-0.39, 0.29) is 0 Å². The molecule has 0 aliphatic carbocycles. The van der Waals surface area contributed by atoms with Gasteiger partial charge in [-0.1, -0.05) is 44.2 Å². The highest BCUT2D eigenvalue weighted by Gasteiger charge is 1.98. The van der Waals surface area contributed by atoms with E-state index in [2.05, 4.69) is 36.8 Å². The van der Waals surface area contributed by atoms with E-state index >= 15 is 0 Å². The molecule has 0 saturated carbocycles. The fraction of sp³-hybridized carbons (Fsp3) is 0.294. The summed E-state index contributed by atoms with van der Waals surface area (Å²) in [4.78, 5) is 0. The van der Waals surface area contributed by atoms with Crippen molar-refractivity contribution in [3.05, 3.63) is 60.2 Å². The van der Waals surface area contributed by atoms with Gasteiger partial charge in [-0.15, -0.1) is 0 Å². The Balaban J connectivity index is 1.76. The van der Waals surface area contributed by atoms with Crippen molar-refractivity contribution in [2.45, 2.75) is 20.4 Å². The molecule has 0 aliphatic rings. The van der Waals surface area contributed by atoms with Crippen molar-refractivity contribution >= 4 is 5.69 Å². The number of hydrogen-bond acceptors (Lipinski definition) is 3. The highest BCUT2D eigenvalue weighted by molar-refractivity contribution is 5.41. The normalized spacial score (nSPS) is 10.6. The van der Waals surface area contributed by atoms with Crippen LogP contribution in [0.15, 0.2) is 54.6 Å². The first-order chi connectivity index (χ1) is 9.74. The summed E-state index contributed by atoms with van der Waals surface area (Å²) in [5.74, 6) is 1.48. The molecule has 0 aromatic heterocycles. The second-order valence-corrected chi connectivity index (χ2v) is 5.19. The summed E-state index contributed by atoms with van der Waals surface area (Å²) < 4.78 is 5.66. The monoisotopic (exact) mass is 270 g/mol. The van der Waals surface area contributed by atoms with Crippen LogP contribution in [0.1, 0.15) is 19.4 Å². The van der Waals surface area contributed by atoms with Crippen molar-refractivity contribution in [3.8, 4) is 5.75 Å². The van der Waals surface area contributed by atoms with Gasteiger partial charge in [-0.2, -0.15) is 0 Å². The smallest absolute Gasteiger partial charge is 0.119 e. The van der Waals surface area contributed by atoms with E-state index in [0.717, 1.165) is 24.6 Å². The average Bonchev–Trinajstić information content (AvgIpc) is 2.47. The van der Waals surface area contributed by atoms with E-state index in [4.69, 9.17) is 4.74 Å². The number of nitrogens with one attached hydrogen (secondary N) is 2. The predicted molar refractivity (Wildman–Crippen MR) is 83.7 cm³/mol. The number of ether oxygens (including phenoxy) is 1. The summed E-state index contributed by atoms with van der Waals surface area (Å²) in [5.41, 5.74) is 8.64. The molecule has 2 rings (SSSR count). The Labute approximate surface area is 120 Å². The van der Waals surface area contributed by atoms with Crippen molar-refractivity contribution in [1.82, 2.24) is 5.43 Å². The van der Waals surface area contributed by atoms with E-state index in [9.17, 15) is 0 Å². The standard InChI is InChI=1S/C17H22N2O/c1-14(2)13-20-17-10-8-15(9-11-17)12-18-19-16-6-4-3-5-7-16/h3-11,14,18-19H,12-13H2,1-2H3. The lowest BCUT2D eigenvalue weighted by molar-refractivity contribution is 0.271. The van der Waals surface area contributed by atoms with Gasteiger partial charge in [0, 0.05) is 12.2 Å². The lowest BCUT2D eigenvalue weighted by Crippen LogP contribution is -2.20. The highest BCUT2D eigenvalue weighted by Crippen LogP contribution is 2.13. The molecule has 0 fully saturated rings. The minimum Gasteiger partial charge on any atom is -0.493 e. The van der Waals surface area contributed by atoms with Gasteiger partial charge in [0.15, 0.2) is 0 Å². The minimum atomic E-state index is 0.548. The van der Waals surface area contributed by atoms with Crippen LogP contribution in [0.4, 0.5) is 5.69 Å². The van der Waals surface area contributed by atoms with Crippen molar-refractivity contribution < 1.29 is 4.74 Å². The van der Waals surface area contributed by atoms with Gasteiger partial charge in [-0.3, -0.25) is 0 Å². The summed E-state index contributed by atoms with van der Waals surface area (Å²) in [6.07, 6.45) is 0. The van der Waals surface area contributed by atoms with Crippen molar-refractivity contribution in [3.63, 3.8) is 0 Å². The number of hydrogen-bond donors (Lipinski definition) is 2. The Morgan fingerprint density at radius 3 is 2.30 bits per heavy atom. The predicted octanol–water partition coefficient (Wildman–Crippen LogP) is 3.84. The van der Waals surface area contributed by atoms with E-state index in [1.54, 1.807) is 0 Å². The molecule has 3 heteroatoms. The second kappa shape index (κ2) is 7.56. The molecule has 106 valence electrons. The molecule has 20 heavy (non-hydrogen) atoms. The van der Waals surface area contributed by atoms with Crippen LogP contribution in [0.5, 0.6) is 5.75 Å². The van der Waals surface area contributed by atoms with E-state index in [1.165, 1.54) is 5.56 Å². The van der Waals surface area contributed by atoms with Gasteiger partial charge < -0.3 is 10.2 Å².